The standard InChI is InChI=1S/C9H15BrN4S/c1-14-4-2-3-7(6-14)5-11-9-13-12-8(10)15-9/h7H,2-6H2,1H3,(H,11,13). The molecule has 1 unspecified atom stereocenters. The van der Waals surface area contributed by atoms with E-state index in [2.05, 4.69) is 43.4 Å². The molecule has 2 rings (SSSR count). The van der Waals surface area contributed by atoms with Crippen molar-refractivity contribution in [2.45, 2.75) is 12.8 Å². The number of rotatable bonds is 3. The second-order valence-corrected chi connectivity index (χ2v) is 6.27. The Labute approximate surface area is 102 Å². The fraction of sp³-hybridized carbons (Fsp3) is 0.778. The Morgan fingerprint density at radius 2 is 2.47 bits per heavy atom. The van der Waals surface area contributed by atoms with Gasteiger partial charge in [0.25, 0.3) is 0 Å². The second-order valence-electron chi connectivity index (χ2n) is 4.01. The maximum atomic E-state index is 4.02. The molecule has 1 aliphatic heterocycles. The molecular weight excluding hydrogens is 276 g/mol. The minimum absolute atomic E-state index is 0.742. The van der Waals surface area contributed by atoms with Gasteiger partial charge >= 0.3 is 0 Å². The van der Waals surface area contributed by atoms with Gasteiger partial charge in [0.2, 0.25) is 5.13 Å². The van der Waals surface area contributed by atoms with Crippen LogP contribution in [0.4, 0.5) is 5.13 Å². The molecule has 1 aliphatic rings. The van der Waals surface area contributed by atoms with Crippen molar-refractivity contribution < 1.29 is 0 Å². The van der Waals surface area contributed by atoms with Crippen molar-refractivity contribution in [1.29, 1.82) is 0 Å². The molecule has 1 fully saturated rings. The molecule has 4 nitrogen and oxygen atoms in total. The summed E-state index contributed by atoms with van der Waals surface area (Å²) in [6.45, 7) is 3.43. The van der Waals surface area contributed by atoms with Crippen LogP contribution in [0.3, 0.4) is 0 Å². The van der Waals surface area contributed by atoms with Gasteiger partial charge in [-0.15, -0.1) is 10.2 Å². The Hall–Kier alpha value is -0.200. The molecule has 0 aromatic carbocycles. The zero-order valence-corrected chi connectivity index (χ0v) is 11.1. The Morgan fingerprint density at radius 3 is 3.13 bits per heavy atom. The van der Waals surface area contributed by atoms with Crippen molar-refractivity contribution in [1.82, 2.24) is 15.1 Å². The van der Waals surface area contributed by atoms with Crippen LogP contribution in [0, 0.1) is 5.92 Å². The highest BCUT2D eigenvalue weighted by Gasteiger charge is 2.17. The fourth-order valence-electron chi connectivity index (χ4n) is 1.95. The van der Waals surface area contributed by atoms with Gasteiger partial charge in [0, 0.05) is 13.1 Å². The van der Waals surface area contributed by atoms with E-state index in [-0.39, 0.29) is 0 Å². The molecule has 2 heterocycles. The largest absolute Gasteiger partial charge is 0.360 e. The van der Waals surface area contributed by atoms with E-state index in [1.807, 2.05) is 0 Å². The van der Waals surface area contributed by atoms with Crippen molar-refractivity contribution in [3.8, 4) is 0 Å². The lowest BCUT2D eigenvalue weighted by Gasteiger charge is -2.29. The van der Waals surface area contributed by atoms with E-state index < -0.39 is 0 Å². The Kier molecular flexibility index (Phi) is 3.93. The lowest BCUT2D eigenvalue weighted by molar-refractivity contribution is 0.217. The molecule has 0 aliphatic carbocycles. The molecule has 0 amide bonds. The van der Waals surface area contributed by atoms with E-state index in [4.69, 9.17) is 0 Å². The lowest BCUT2D eigenvalue weighted by Crippen LogP contribution is -2.35. The maximum absolute atomic E-state index is 4.02. The normalized spacial score (nSPS) is 22.9. The summed E-state index contributed by atoms with van der Waals surface area (Å²) in [6, 6.07) is 0. The number of nitrogens with zero attached hydrogens (tertiary/aromatic N) is 3. The highest BCUT2D eigenvalue weighted by molar-refractivity contribution is 9.11. The summed E-state index contributed by atoms with van der Waals surface area (Å²) < 4.78 is 0.839. The summed E-state index contributed by atoms with van der Waals surface area (Å²) in [6.07, 6.45) is 2.62. The van der Waals surface area contributed by atoms with Gasteiger partial charge in [-0.25, -0.2) is 0 Å². The summed E-state index contributed by atoms with van der Waals surface area (Å²) in [5.74, 6) is 0.742. The highest BCUT2D eigenvalue weighted by atomic mass is 79.9. The lowest BCUT2D eigenvalue weighted by atomic mass is 9.99. The van der Waals surface area contributed by atoms with Crippen molar-refractivity contribution >= 4 is 32.4 Å². The molecule has 0 spiro atoms. The van der Waals surface area contributed by atoms with E-state index in [1.165, 1.54) is 25.9 Å². The fourth-order valence-corrected chi connectivity index (χ4v) is 2.97. The van der Waals surface area contributed by atoms with Gasteiger partial charge < -0.3 is 10.2 Å². The van der Waals surface area contributed by atoms with Gasteiger partial charge in [0.1, 0.15) is 0 Å². The molecule has 1 atom stereocenters. The first-order chi connectivity index (χ1) is 7.24. The SMILES string of the molecule is CN1CCCC(CNc2nnc(Br)s2)C1. The third-order valence-electron chi connectivity index (χ3n) is 2.66. The molecule has 1 N–H and O–H groups in total. The summed E-state index contributed by atoms with van der Waals surface area (Å²) in [7, 11) is 2.19. The number of aromatic nitrogens is 2. The number of anilines is 1. The van der Waals surface area contributed by atoms with Crippen molar-refractivity contribution in [3.63, 3.8) is 0 Å². The summed E-state index contributed by atoms with van der Waals surface area (Å²) in [4.78, 5) is 2.39. The van der Waals surface area contributed by atoms with Gasteiger partial charge in [-0.2, -0.15) is 0 Å². The second kappa shape index (κ2) is 5.23. The predicted octanol–water partition coefficient (Wildman–Crippen LogP) is 2.05. The number of likely N-dealkylation sites (tertiary alicyclic amines) is 1. The molecule has 0 saturated carbocycles. The highest BCUT2D eigenvalue weighted by Crippen LogP contribution is 2.21. The molecule has 1 aromatic rings. The third kappa shape index (κ3) is 3.39. The first-order valence-electron chi connectivity index (χ1n) is 5.15. The molecule has 1 aromatic heterocycles. The first-order valence-corrected chi connectivity index (χ1v) is 6.76. The van der Waals surface area contributed by atoms with Crippen LogP contribution in [0.5, 0.6) is 0 Å². The predicted molar refractivity (Wildman–Crippen MR) is 66.3 cm³/mol. The maximum Gasteiger partial charge on any atom is 0.206 e. The first kappa shape index (κ1) is 11.3. The van der Waals surface area contributed by atoms with Crippen LogP contribution in [-0.4, -0.2) is 41.8 Å². The molecule has 1 saturated heterocycles. The molecule has 15 heavy (non-hydrogen) atoms. The zero-order chi connectivity index (χ0) is 10.7. The average molecular weight is 291 g/mol. The van der Waals surface area contributed by atoms with Crippen LogP contribution in [0.1, 0.15) is 12.8 Å². The Balaban J connectivity index is 1.77. The van der Waals surface area contributed by atoms with Crippen LogP contribution in [0.15, 0.2) is 3.92 Å². The van der Waals surface area contributed by atoms with Crippen molar-refractivity contribution in [3.05, 3.63) is 3.92 Å². The van der Waals surface area contributed by atoms with Gasteiger partial charge in [-0.1, -0.05) is 11.3 Å². The number of nitrogens with one attached hydrogen (secondary N) is 1. The molecule has 0 bridgehead atoms. The van der Waals surface area contributed by atoms with Crippen LogP contribution in [0.2, 0.25) is 0 Å². The minimum Gasteiger partial charge on any atom is -0.360 e. The quantitative estimate of drug-likeness (QED) is 0.925. The number of hydrogen-bond donors (Lipinski definition) is 1. The Morgan fingerprint density at radius 1 is 1.60 bits per heavy atom. The van der Waals surface area contributed by atoms with E-state index >= 15 is 0 Å². The van der Waals surface area contributed by atoms with Gasteiger partial charge in [-0.05, 0) is 48.3 Å². The van der Waals surface area contributed by atoms with Crippen molar-refractivity contribution in [2.75, 3.05) is 32.0 Å². The van der Waals surface area contributed by atoms with E-state index in [0.717, 1.165) is 21.5 Å². The van der Waals surface area contributed by atoms with Crippen LogP contribution in [0.25, 0.3) is 0 Å². The van der Waals surface area contributed by atoms with E-state index in [9.17, 15) is 0 Å². The van der Waals surface area contributed by atoms with E-state index in [0.29, 0.717) is 0 Å². The zero-order valence-electron chi connectivity index (χ0n) is 8.74. The Bertz CT molecular complexity index is 317. The summed E-state index contributed by atoms with van der Waals surface area (Å²) >= 11 is 4.85. The van der Waals surface area contributed by atoms with Crippen LogP contribution in [-0.2, 0) is 0 Å². The van der Waals surface area contributed by atoms with E-state index in [1.54, 1.807) is 11.3 Å². The van der Waals surface area contributed by atoms with Crippen LogP contribution < -0.4 is 5.32 Å². The molecular formula is C9H15BrN4S. The molecule has 84 valence electrons. The minimum atomic E-state index is 0.742. The third-order valence-corrected chi connectivity index (χ3v) is 3.98. The molecule has 0 radical (unpaired) electrons. The number of hydrogen-bond acceptors (Lipinski definition) is 5. The number of halogens is 1. The average Bonchev–Trinajstić information content (AvgIpc) is 2.62. The van der Waals surface area contributed by atoms with Gasteiger partial charge in [0.05, 0.1) is 0 Å². The topological polar surface area (TPSA) is 41.0 Å². The molecule has 6 heteroatoms. The summed E-state index contributed by atoms with van der Waals surface area (Å²) in [5.41, 5.74) is 0. The number of piperidine rings is 1. The monoisotopic (exact) mass is 290 g/mol. The van der Waals surface area contributed by atoms with Crippen molar-refractivity contribution in [2.24, 2.45) is 5.92 Å². The summed E-state index contributed by atoms with van der Waals surface area (Å²) in [5, 5.41) is 12.2. The van der Waals surface area contributed by atoms with Gasteiger partial charge in [0.15, 0.2) is 3.92 Å². The van der Waals surface area contributed by atoms with Crippen LogP contribution >= 0.6 is 27.3 Å². The smallest absolute Gasteiger partial charge is 0.206 e. The van der Waals surface area contributed by atoms with Gasteiger partial charge in [-0.3, -0.25) is 0 Å².